The number of nitrogens with zero attached hydrogens (tertiary/aromatic N) is 2. The van der Waals surface area contributed by atoms with E-state index in [1.165, 1.54) is 18.5 Å². The number of carboxylic acid groups (broad SMARTS) is 1. The average molecular weight is 295 g/mol. The number of aliphatic carboxylic acids is 1. The van der Waals surface area contributed by atoms with Crippen molar-refractivity contribution >= 4 is 17.6 Å². The average Bonchev–Trinajstić information content (AvgIpc) is 2.42. The van der Waals surface area contributed by atoms with E-state index in [4.69, 9.17) is 11.6 Å². The Balaban J connectivity index is 2.14. The van der Waals surface area contributed by atoms with E-state index in [-0.39, 0.29) is 18.0 Å². The lowest BCUT2D eigenvalue weighted by molar-refractivity contribution is -0.141. The summed E-state index contributed by atoms with van der Waals surface area (Å²) in [5.74, 6) is -2.16. The molecule has 0 amide bonds. The van der Waals surface area contributed by atoms with Gasteiger partial charge in [-0.1, -0.05) is 29.8 Å². The van der Waals surface area contributed by atoms with E-state index in [9.17, 15) is 14.3 Å². The minimum absolute atomic E-state index is 0.103. The molecule has 6 heteroatoms. The van der Waals surface area contributed by atoms with Gasteiger partial charge in [0.2, 0.25) is 0 Å². The van der Waals surface area contributed by atoms with Crippen molar-refractivity contribution in [2.24, 2.45) is 5.92 Å². The standard InChI is InChI=1S/C14H12ClFN2O2/c15-13-8-17-11(7-18-13)6-10(14(19)20)5-9-3-1-2-4-12(9)16/h1-4,7-8,10H,5-6H2,(H,19,20). The summed E-state index contributed by atoms with van der Waals surface area (Å²) in [6, 6.07) is 6.15. The lowest BCUT2D eigenvalue weighted by Crippen LogP contribution is -2.20. The van der Waals surface area contributed by atoms with Gasteiger partial charge >= 0.3 is 5.97 Å². The highest BCUT2D eigenvalue weighted by Gasteiger charge is 2.21. The van der Waals surface area contributed by atoms with Crippen molar-refractivity contribution in [3.63, 3.8) is 0 Å². The fraction of sp³-hybridized carbons (Fsp3) is 0.214. The van der Waals surface area contributed by atoms with Crippen molar-refractivity contribution in [2.75, 3.05) is 0 Å². The van der Waals surface area contributed by atoms with E-state index >= 15 is 0 Å². The summed E-state index contributed by atoms with van der Waals surface area (Å²) in [5, 5.41) is 9.49. The molecule has 0 aliphatic carbocycles. The zero-order valence-corrected chi connectivity index (χ0v) is 11.2. The molecule has 0 fully saturated rings. The number of hydrogen-bond acceptors (Lipinski definition) is 3. The largest absolute Gasteiger partial charge is 0.481 e. The Morgan fingerprint density at radius 1 is 1.25 bits per heavy atom. The van der Waals surface area contributed by atoms with Crippen LogP contribution in [0.3, 0.4) is 0 Å². The van der Waals surface area contributed by atoms with Gasteiger partial charge in [0.1, 0.15) is 11.0 Å². The van der Waals surface area contributed by atoms with Crippen molar-refractivity contribution in [1.82, 2.24) is 9.97 Å². The van der Waals surface area contributed by atoms with E-state index in [1.54, 1.807) is 18.2 Å². The number of carbonyl (C=O) groups is 1. The normalized spacial score (nSPS) is 12.1. The first-order valence-electron chi connectivity index (χ1n) is 5.99. The molecule has 0 saturated heterocycles. The highest BCUT2D eigenvalue weighted by atomic mass is 35.5. The van der Waals surface area contributed by atoms with Crippen molar-refractivity contribution in [3.8, 4) is 0 Å². The zero-order valence-electron chi connectivity index (χ0n) is 10.5. The number of benzene rings is 1. The monoisotopic (exact) mass is 294 g/mol. The number of carboxylic acids is 1. The van der Waals surface area contributed by atoms with Gasteiger partial charge in [0.05, 0.1) is 24.0 Å². The highest BCUT2D eigenvalue weighted by Crippen LogP contribution is 2.16. The van der Waals surface area contributed by atoms with Crippen LogP contribution in [0.1, 0.15) is 11.3 Å². The van der Waals surface area contributed by atoms with Crippen molar-refractivity contribution in [3.05, 3.63) is 58.9 Å². The Morgan fingerprint density at radius 2 is 2.00 bits per heavy atom. The smallest absolute Gasteiger partial charge is 0.307 e. The molecule has 1 unspecified atom stereocenters. The molecule has 1 atom stereocenters. The summed E-state index contributed by atoms with van der Waals surface area (Å²) in [4.78, 5) is 19.2. The van der Waals surface area contributed by atoms with Crippen LogP contribution >= 0.6 is 11.6 Å². The van der Waals surface area contributed by atoms with Crippen molar-refractivity contribution in [1.29, 1.82) is 0 Å². The van der Waals surface area contributed by atoms with Crippen LogP contribution in [0.15, 0.2) is 36.7 Å². The van der Waals surface area contributed by atoms with Crippen molar-refractivity contribution in [2.45, 2.75) is 12.8 Å². The van der Waals surface area contributed by atoms with Crippen molar-refractivity contribution < 1.29 is 14.3 Å². The summed E-state index contributed by atoms with van der Waals surface area (Å²) in [7, 11) is 0. The fourth-order valence-electron chi connectivity index (χ4n) is 1.87. The Bertz CT molecular complexity index is 604. The van der Waals surface area contributed by atoms with Gasteiger partial charge in [-0.15, -0.1) is 0 Å². The molecular weight excluding hydrogens is 283 g/mol. The van der Waals surface area contributed by atoms with Crippen LogP contribution < -0.4 is 0 Å². The van der Waals surface area contributed by atoms with Gasteiger partial charge in [0.15, 0.2) is 0 Å². The minimum Gasteiger partial charge on any atom is -0.481 e. The lowest BCUT2D eigenvalue weighted by atomic mass is 9.94. The molecule has 4 nitrogen and oxygen atoms in total. The fourth-order valence-corrected chi connectivity index (χ4v) is 1.97. The molecular formula is C14H12ClFN2O2. The Morgan fingerprint density at radius 3 is 2.60 bits per heavy atom. The third-order valence-corrected chi connectivity index (χ3v) is 3.10. The van der Waals surface area contributed by atoms with E-state index < -0.39 is 17.7 Å². The molecule has 1 N–H and O–H groups in total. The second kappa shape index (κ2) is 6.43. The van der Waals surface area contributed by atoms with Gasteiger partial charge in [-0.05, 0) is 18.1 Å². The van der Waals surface area contributed by atoms with Crippen LogP contribution in [0.2, 0.25) is 5.15 Å². The highest BCUT2D eigenvalue weighted by molar-refractivity contribution is 6.29. The van der Waals surface area contributed by atoms with Gasteiger partial charge in [0.25, 0.3) is 0 Å². The van der Waals surface area contributed by atoms with Crippen LogP contribution in [0.5, 0.6) is 0 Å². The second-order valence-electron chi connectivity index (χ2n) is 4.37. The minimum atomic E-state index is -0.995. The number of halogens is 2. The van der Waals surface area contributed by atoms with E-state index in [2.05, 4.69) is 9.97 Å². The predicted octanol–water partition coefficient (Wildman–Crippen LogP) is 2.76. The molecule has 0 aliphatic rings. The van der Waals surface area contributed by atoms with Crippen LogP contribution in [-0.2, 0) is 17.6 Å². The maximum Gasteiger partial charge on any atom is 0.307 e. The molecule has 0 spiro atoms. The van der Waals surface area contributed by atoms with E-state index in [0.717, 1.165) is 0 Å². The molecule has 2 rings (SSSR count). The van der Waals surface area contributed by atoms with Gasteiger partial charge in [-0.3, -0.25) is 9.78 Å². The summed E-state index contributed by atoms with van der Waals surface area (Å²) >= 11 is 5.62. The Kier molecular flexibility index (Phi) is 4.63. The number of hydrogen-bond donors (Lipinski definition) is 1. The SMILES string of the molecule is O=C(O)C(Cc1cnc(Cl)cn1)Cc1ccccc1F. The molecule has 1 aromatic heterocycles. The molecule has 0 radical (unpaired) electrons. The third kappa shape index (κ3) is 3.74. The van der Waals surface area contributed by atoms with Gasteiger partial charge in [-0.25, -0.2) is 9.37 Å². The first kappa shape index (κ1) is 14.4. The van der Waals surface area contributed by atoms with E-state index in [0.29, 0.717) is 11.3 Å². The molecule has 1 heterocycles. The zero-order chi connectivity index (χ0) is 14.5. The van der Waals surface area contributed by atoms with Crippen LogP contribution in [0.4, 0.5) is 4.39 Å². The van der Waals surface area contributed by atoms with Crippen LogP contribution in [-0.4, -0.2) is 21.0 Å². The quantitative estimate of drug-likeness (QED) is 0.921. The Hall–Kier alpha value is -2.01. The van der Waals surface area contributed by atoms with Crippen LogP contribution in [0.25, 0.3) is 0 Å². The maximum absolute atomic E-state index is 13.6. The molecule has 104 valence electrons. The first-order chi connectivity index (χ1) is 9.56. The number of rotatable bonds is 5. The first-order valence-corrected chi connectivity index (χ1v) is 6.36. The molecule has 2 aromatic rings. The molecule has 20 heavy (non-hydrogen) atoms. The summed E-state index contributed by atoms with van der Waals surface area (Å²) in [6.07, 6.45) is 3.07. The van der Waals surface area contributed by atoms with Gasteiger partial charge < -0.3 is 5.11 Å². The Labute approximate surface area is 120 Å². The molecule has 0 saturated carbocycles. The summed E-state index contributed by atoms with van der Waals surface area (Å²) in [5.41, 5.74) is 0.889. The molecule has 0 bridgehead atoms. The molecule has 1 aromatic carbocycles. The third-order valence-electron chi connectivity index (χ3n) is 2.90. The topological polar surface area (TPSA) is 63.1 Å². The van der Waals surface area contributed by atoms with Gasteiger partial charge in [-0.2, -0.15) is 0 Å². The van der Waals surface area contributed by atoms with E-state index in [1.807, 2.05) is 0 Å². The predicted molar refractivity (Wildman–Crippen MR) is 72.0 cm³/mol. The number of aromatic nitrogens is 2. The summed E-state index contributed by atoms with van der Waals surface area (Å²) < 4.78 is 13.6. The second-order valence-corrected chi connectivity index (χ2v) is 4.75. The summed E-state index contributed by atoms with van der Waals surface area (Å²) in [6.45, 7) is 0. The maximum atomic E-state index is 13.6. The lowest BCUT2D eigenvalue weighted by Gasteiger charge is -2.12. The van der Waals surface area contributed by atoms with Crippen LogP contribution in [0, 0.1) is 11.7 Å². The molecule has 0 aliphatic heterocycles. The van der Waals surface area contributed by atoms with Gasteiger partial charge in [0, 0.05) is 6.42 Å².